The number of rotatable bonds is 8. The van der Waals surface area contributed by atoms with E-state index in [9.17, 15) is 0 Å². The van der Waals surface area contributed by atoms with Crippen LogP contribution in [0.3, 0.4) is 0 Å². The molecule has 0 spiro atoms. The van der Waals surface area contributed by atoms with Crippen LogP contribution in [0.4, 0.5) is 0 Å². The number of nitrogens with zero attached hydrogens (tertiary/aromatic N) is 1. The molecule has 2 unspecified atom stereocenters. The molecule has 106 valence electrons. The van der Waals surface area contributed by atoms with Gasteiger partial charge < -0.3 is 15.0 Å². The summed E-state index contributed by atoms with van der Waals surface area (Å²) >= 11 is 0. The number of likely N-dealkylation sites (tertiary alicyclic amines) is 1. The molecule has 2 rings (SSSR count). The maximum atomic E-state index is 5.89. The number of hydrogen-bond donors (Lipinski definition) is 1. The molecule has 2 fully saturated rings. The number of piperidine rings is 1. The van der Waals surface area contributed by atoms with Crippen molar-refractivity contribution in [2.75, 3.05) is 32.8 Å². The first-order valence-electron chi connectivity index (χ1n) is 7.85. The summed E-state index contributed by atoms with van der Waals surface area (Å²) in [4.78, 5) is 2.60. The van der Waals surface area contributed by atoms with Crippen LogP contribution in [-0.2, 0) is 4.74 Å². The molecule has 0 radical (unpaired) electrons. The van der Waals surface area contributed by atoms with Gasteiger partial charge in [0.15, 0.2) is 0 Å². The Morgan fingerprint density at radius 1 is 1.33 bits per heavy atom. The predicted octanol–water partition coefficient (Wildman–Crippen LogP) is 2.27. The molecule has 3 nitrogen and oxygen atoms in total. The Kier molecular flexibility index (Phi) is 5.93. The number of hydrogen-bond acceptors (Lipinski definition) is 3. The predicted molar refractivity (Wildman–Crippen MR) is 75.9 cm³/mol. The van der Waals surface area contributed by atoms with Gasteiger partial charge in [0.2, 0.25) is 0 Å². The quantitative estimate of drug-likeness (QED) is 0.719. The highest BCUT2D eigenvalue weighted by Crippen LogP contribution is 2.19. The van der Waals surface area contributed by atoms with Crippen LogP contribution in [0.2, 0.25) is 0 Å². The molecule has 1 aliphatic carbocycles. The summed E-state index contributed by atoms with van der Waals surface area (Å²) in [5, 5.41) is 3.63. The molecular formula is C15H30N2O. The van der Waals surface area contributed by atoms with E-state index in [-0.39, 0.29) is 0 Å². The lowest BCUT2D eigenvalue weighted by molar-refractivity contribution is -0.00323. The van der Waals surface area contributed by atoms with Gasteiger partial charge in [-0.25, -0.2) is 0 Å². The summed E-state index contributed by atoms with van der Waals surface area (Å²) in [7, 11) is 0. The molecule has 2 aliphatic rings. The van der Waals surface area contributed by atoms with Gasteiger partial charge in [-0.15, -0.1) is 0 Å². The van der Waals surface area contributed by atoms with E-state index in [0.717, 1.165) is 31.5 Å². The third kappa shape index (κ3) is 5.25. The van der Waals surface area contributed by atoms with Crippen LogP contribution >= 0.6 is 0 Å². The van der Waals surface area contributed by atoms with E-state index in [0.29, 0.717) is 6.10 Å². The third-order valence-electron chi connectivity index (χ3n) is 3.92. The molecule has 18 heavy (non-hydrogen) atoms. The van der Waals surface area contributed by atoms with Gasteiger partial charge in [-0.3, -0.25) is 0 Å². The van der Waals surface area contributed by atoms with Gasteiger partial charge in [0, 0.05) is 25.7 Å². The number of nitrogens with one attached hydrogen (secondary N) is 1. The normalized spacial score (nSPS) is 27.3. The SMILES string of the molecule is CCCOC1CCCN(CC(C)CNC2CC2)C1. The molecule has 0 aromatic heterocycles. The zero-order valence-corrected chi connectivity index (χ0v) is 12.2. The van der Waals surface area contributed by atoms with Crippen molar-refractivity contribution in [2.45, 2.75) is 58.1 Å². The molecule has 2 atom stereocenters. The monoisotopic (exact) mass is 254 g/mol. The van der Waals surface area contributed by atoms with E-state index in [2.05, 4.69) is 24.1 Å². The third-order valence-corrected chi connectivity index (χ3v) is 3.92. The summed E-state index contributed by atoms with van der Waals surface area (Å²) in [6.45, 7) is 10.3. The van der Waals surface area contributed by atoms with E-state index < -0.39 is 0 Å². The second-order valence-corrected chi connectivity index (χ2v) is 6.18. The van der Waals surface area contributed by atoms with E-state index in [1.807, 2.05) is 0 Å². The highest BCUT2D eigenvalue weighted by Gasteiger charge is 2.23. The molecule has 3 heteroatoms. The first-order valence-corrected chi connectivity index (χ1v) is 7.85. The first kappa shape index (κ1) is 14.3. The average molecular weight is 254 g/mol. The molecule has 0 amide bonds. The van der Waals surface area contributed by atoms with Gasteiger partial charge in [-0.1, -0.05) is 13.8 Å². The molecular weight excluding hydrogens is 224 g/mol. The fraction of sp³-hybridized carbons (Fsp3) is 1.00. The molecule has 1 N–H and O–H groups in total. The Balaban J connectivity index is 1.61. The molecule has 0 aromatic rings. The fourth-order valence-corrected chi connectivity index (χ4v) is 2.76. The largest absolute Gasteiger partial charge is 0.377 e. The van der Waals surface area contributed by atoms with Crippen molar-refractivity contribution in [1.29, 1.82) is 0 Å². The lowest BCUT2D eigenvalue weighted by Gasteiger charge is -2.34. The Hall–Kier alpha value is -0.120. The summed E-state index contributed by atoms with van der Waals surface area (Å²) in [6, 6.07) is 0.842. The summed E-state index contributed by atoms with van der Waals surface area (Å²) < 4.78 is 5.89. The molecule has 1 aliphatic heterocycles. The molecule has 1 saturated heterocycles. The average Bonchev–Trinajstić information content (AvgIpc) is 3.18. The second-order valence-electron chi connectivity index (χ2n) is 6.18. The van der Waals surface area contributed by atoms with Crippen molar-refractivity contribution in [2.24, 2.45) is 5.92 Å². The van der Waals surface area contributed by atoms with Crippen molar-refractivity contribution >= 4 is 0 Å². The Labute approximate surface area is 112 Å². The minimum Gasteiger partial charge on any atom is -0.377 e. The zero-order valence-electron chi connectivity index (χ0n) is 12.2. The van der Waals surface area contributed by atoms with Crippen molar-refractivity contribution in [3.05, 3.63) is 0 Å². The van der Waals surface area contributed by atoms with Gasteiger partial charge >= 0.3 is 0 Å². The van der Waals surface area contributed by atoms with Crippen LogP contribution in [0.5, 0.6) is 0 Å². The Morgan fingerprint density at radius 2 is 2.17 bits per heavy atom. The Bertz CT molecular complexity index is 231. The lowest BCUT2D eigenvalue weighted by Crippen LogP contribution is -2.43. The van der Waals surface area contributed by atoms with Gasteiger partial charge in [-0.05, 0) is 51.1 Å². The van der Waals surface area contributed by atoms with Gasteiger partial charge in [0.1, 0.15) is 0 Å². The van der Waals surface area contributed by atoms with Crippen molar-refractivity contribution in [1.82, 2.24) is 10.2 Å². The second kappa shape index (κ2) is 7.46. The summed E-state index contributed by atoms with van der Waals surface area (Å²) in [5.41, 5.74) is 0. The fourth-order valence-electron chi connectivity index (χ4n) is 2.76. The maximum absolute atomic E-state index is 5.89. The van der Waals surface area contributed by atoms with Crippen LogP contribution < -0.4 is 5.32 Å². The standard InChI is InChI=1S/C15H30N2O/c1-3-9-18-15-5-4-8-17(12-15)11-13(2)10-16-14-6-7-14/h13-16H,3-12H2,1-2H3. The molecule has 0 aromatic carbocycles. The highest BCUT2D eigenvalue weighted by atomic mass is 16.5. The van der Waals surface area contributed by atoms with Crippen molar-refractivity contribution in [3.63, 3.8) is 0 Å². The zero-order chi connectivity index (χ0) is 12.8. The van der Waals surface area contributed by atoms with E-state index in [1.165, 1.54) is 45.3 Å². The first-order chi connectivity index (χ1) is 8.78. The molecule has 0 bridgehead atoms. The van der Waals surface area contributed by atoms with E-state index >= 15 is 0 Å². The minimum absolute atomic E-state index is 0.488. The topological polar surface area (TPSA) is 24.5 Å². The minimum atomic E-state index is 0.488. The van der Waals surface area contributed by atoms with Crippen LogP contribution in [0.25, 0.3) is 0 Å². The number of ether oxygens (including phenoxy) is 1. The van der Waals surface area contributed by atoms with Crippen LogP contribution in [0.15, 0.2) is 0 Å². The smallest absolute Gasteiger partial charge is 0.0702 e. The maximum Gasteiger partial charge on any atom is 0.0702 e. The van der Waals surface area contributed by atoms with Crippen LogP contribution in [0, 0.1) is 5.92 Å². The van der Waals surface area contributed by atoms with E-state index in [4.69, 9.17) is 4.74 Å². The van der Waals surface area contributed by atoms with Crippen molar-refractivity contribution in [3.8, 4) is 0 Å². The van der Waals surface area contributed by atoms with Crippen LogP contribution in [0.1, 0.15) is 46.0 Å². The molecule has 1 saturated carbocycles. The highest BCUT2D eigenvalue weighted by molar-refractivity contribution is 4.82. The van der Waals surface area contributed by atoms with Crippen molar-refractivity contribution < 1.29 is 4.74 Å². The van der Waals surface area contributed by atoms with Crippen LogP contribution in [-0.4, -0.2) is 49.8 Å². The molecule has 1 heterocycles. The lowest BCUT2D eigenvalue weighted by atomic mass is 10.1. The van der Waals surface area contributed by atoms with Gasteiger partial charge in [-0.2, -0.15) is 0 Å². The summed E-state index contributed by atoms with van der Waals surface area (Å²) in [5.74, 6) is 0.760. The van der Waals surface area contributed by atoms with E-state index in [1.54, 1.807) is 0 Å². The summed E-state index contributed by atoms with van der Waals surface area (Å²) in [6.07, 6.45) is 6.97. The van der Waals surface area contributed by atoms with Gasteiger partial charge in [0.05, 0.1) is 6.10 Å². The van der Waals surface area contributed by atoms with Gasteiger partial charge in [0.25, 0.3) is 0 Å². The Morgan fingerprint density at radius 3 is 2.89 bits per heavy atom.